The second-order valence-corrected chi connectivity index (χ2v) is 4.70. The molecule has 0 saturated heterocycles. The van der Waals surface area contributed by atoms with E-state index in [4.69, 9.17) is 9.79 Å². The first-order valence-electron chi connectivity index (χ1n) is 4.22. The van der Waals surface area contributed by atoms with E-state index in [0.717, 1.165) is 5.56 Å². The summed E-state index contributed by atoms with van der Waals surface area (Å²) in [6.45, 7) is 0.882. The molecule has 0 saturated carbocycles. The van der Waals surface area contributed by atoms with E-state index in [1.165, 1.54) is 0 Å². The number of nitrogens with one attached hydrogen (secondary N) is 1. The molecular formula is C8H13N2O3P. The van der Waals surface area contributed by atoms with E-state index >= 15 is 0 Å². The number of aromatic nitrogens is 1. The van der Waals surface area contributed by atoms with Gasteiger partial charge in [0.1, 0.15) is 0 Å². The Kier molecular flexibility index (Phi) is 4.22. The fourth-order valence-corrected chi connectivity index (χ4v) is 1.41. The lowest BCUT2D eigenvalue weighted by molar-refractivity contribution is 0.372. The summed E-state index contributed by atoms with van der Waals surface area (Å²) >= 11 is 0. The topological polar surface area (TPSA) is 82.5 Å². The number of nitrogens with zero attached hydrogens (tertiary/aromatic N) is 1. The zero-order valence-corrected chi connectivity index (χ0v) is 8.52. The van der Waals surface area contributed by atoms with Gasteiger partial charge in [-0.05, 0) is 11.6 Å². The highest BCUT2D eigenvalue weighted by molar-refractivity contribution is 7.51. The Bertz CT molecular complexity index is 312. The Balaban J connectivity index is 2.20. The molecule has 5 nitrogen and oxygen atoms in total. The zero-order valence-electron chi connectivity index (χ0n) is 7.63. The van der Waals surface area contributed by atoms with Crippen LogP contribution < -0.4 is 5.32 Å². The van der Waals surface area contributed by atoms with Crippen molar-refractivity contribution in [1.82, 2.24) is 10.3 Å². The maximum atomic E-state index is 10.5. The number of hydrogen-bond donors (Lipinski definition) is 3. The number of pyridine rings is 1. The third-order valence-electron chi connectivity index (χ3n) is 1.63. The van der Waals surface area contributed by atoms with Crippen molar-refractivity contribution < 1.29 is 14.4 Å². The molecule has 0 bridgehead atoms. The summed E-state index contributed by atoms with van der Waals surface area (Å²) in [4.78, 5) is 21.1. The summed E-state index contributed by atoms with van der Waals surface area (Å²) in [6, 6.07) is 3.72. The second-order valence-electron chi connectivity index (χ2n) is 2.93. The molecule has 0 aliphatic rings. The Hall–Kier alpha value is -0.740. The van der Waals surface area contributed by atoms with Crippen LogP contribution in [0.5, 0.6) is 0 Å². The Morgan fingerprint density at radius 3 is 2.86 bits per heavy atom. The molecule has 0 amide bonds. The lowest BCUT2D eigenvalue weighted by Gasteiger charge is -2.05. The molecule has 1 aromatic rings. The van der Waals surface area contributed by atoms with Crippen LogP contribution in [0.25, 0.3) is 0 Å². The van der Waals surface area contributed by atoms with Crippen LogP contribution in [0.1, 0.15) is 5.56 Å². The van der Waals surface area contributed by atoms with Gasteiger partial charge in [0.25, 0.3) is 0 Å². The van der Waals surface area contributed by atoms with Gasteiger partial charge in [-0.15, -0.1) is 0 Å². The van der Waals surface area contributed by atoms with E-state index < -0.39 is 7.60 Å². The van der Waals surface area contributed by atoms with Gasteiger partial charge in [-0.3, -0.25) is 9.55 Å². The van der Waals surface area contributed by atoms with Crippen molar-refractivity contribution in [1.29, 1.82) is 0 Å². The zero-order chi connectivity index (χ0) is 10.4. The molecule has 0 fully saturated rings. The van der Waals surface area contributed by atoms with Gasteiger partial charge in [-0.2, -0.15) is 0 Å². The SMILES string of the molecule is O=P(O)(O)CCNCc1cccnc1. The Morgan fingerprint density at radius 2 is 2.29 bits per heavy atom. The van der Waals surface area contributed by atoms with E-state index in [2.05, 4.69) is 10.3 Å². The van der Waals surface area contributed by atoms with Gasteiger partial charge < -0.3 is 15.1 Å². The highest BCUT2D eigenvalue weighted by Gasteiger charge is 2.10. The molecule has 1 rings (SSSR count). The normalized spacial score (nSPS) is 11.6. The summed E-state index contributed by atoms with van der Waals surface area (Å²) in [5.41, 5.74) is 0.998. The highest BCUT2D eigenvalue weighted by atomic mass is 31.2. The van der Waals surface area contributed by atoms with Crippen molar-refractivity contribution in [2.24, 2.45) is 0 Å². The minimum atomic E-state index is -3.87. The fourth-order valence-electron chi connectivity index (χ4n) is 0.960. The summed E-state index contributed by atoms with van der Waals surface area (Å²) in [6.07, 6.45) is 3.26. The van der Waals surface area contributed by atoms with E-state index in [9.17, 15) is 4.57 Å². The van der Waals surface area contributed by atoms with Gasteiger partial charge in [0.05, 0.1) is 6.16 Å². The highest BCUT2D eigenvalue weighted by Crippen LogP contribution is 2.32. The van der Waals surface area contributed by atoms with Crippen LogP contribution in [0.2, 0.25) is 0 Å². The third kappa shape index (κ3) is 5.09. The summed E-state index contributed by atoms with van der Waals surface area (Å²) in [7, 11) is -3.87. The molecule has 0 radical (unpaired) electrons. The van der Waals surface area contributed by atoms with Gasteiger partial charge >= 0.3 is 7.60 Å². The van der Waals surface area contributed by atoms with Gasteiger partial charge in [0.2, 0.25) is 0 Å². The molecule has 0 atom stereocenters. The second kappa shape index (κ2) is 5.22. The average Bonchev–Trinajstić information content (AvgIpc) is 2.13. The van der Waals surface area contributed by atoms with Gasteiger partial charge in [0, 0.05) is 25.5 Å². The van der Waals surface area contributed by atoms with E-state index in [0.29, 0.717) is 13.1 Å². The Labute approximate surface area is 82.3 Å². The standard InChI is InChI=1S/C8H13N2O3P/c11-14(12,13)5-4-10-7-8-2-1-3-9-6-8/h1-3,6,10H,4-5,7H2,(H2,11,12,13). The largest absolute Gasteiger partial charge is 0.326 e. The molecule has 6 heteroatoms. The van der Waals surface area contributed by atoms with Crippen LogP contribution in [-0.4, -0.2) is 27.5 Å². The first kappa shape index (κ1) is 11.3. The van der Waals surface area contributed by atoms with Crippen molar-refractivity contribution in [3.05, 3.63) is 30.1 Å². The monoisotopic (exact) mass is 216 g/mol. The Morgan fingerprint density at radius 1 is 1.50 bits per heavy atom. The van der Waals surface area contributed by atoms with E-state index in [1.807, 2.05) is 12.1 Å². The minimum absolute atomic E-state index is 0.132. The summed E-state index contributed by atoms with van der Waals surface area (Å²) in [5.74, 6) is 0. The average molecular weight is 216 g/mol. The number of hydrogen-bond acceptors (Lipinski definition) is 3. The maximum absolute atomic E-state index is 10.5. The summed E-state index contributed by atoms with van der Waals surface area (Å²) in [5, 5.41) is 2.93. The first-order valence-corrected chi connectivity index (χ1v) is 6.02. The van der Waals surface area contributed by atoms with Crippen LogP contribution in [0.15, 0.2) is 24.5 Å². The van der Waals surface area contributed by atoms with Crippen LogP contribution >= 0.6 is 7.60 Å². The molecule has 14 heavy (non-hydrogen) atoms. The molecule has 0 spiro atoms. The molecule has 3 N–H and O–H groups in total. The molecular weight excluding hydrogens is 203 g/mol. The first-order chi connectivity index (χ1) is 6.58. The van der Waals surface area contributed by atoms with Crippen LogP contribution in [0.4, 0.5) is 0 Å². The molecule has 0 unspecified atom stereocenters. The van der Waals surface area contributed by atoms with Crippen molar-refractivity contribution >= 4 is 7.60 Å². The molecule has 1 heterocycles. The fraction of sp³-hybridized carbons (Fsp3) is 0.375. The lowest BCUT2D eigenvalue weighted by Crippen LogP contribution is -2.17. The van der Waals surface area contributed by atoms with Crippen LogP contribution in [0, 0.1) is 0 Å². The van der Waals surface area contributed by atoms with Crippen LogP contribution in [0.3, 0.4) is 0 Å². The van der Waals surface area contributed by atoms with Gasteiger partial charge in [-0.1, -0.05) is 6.07 Å². The van der Waals surface area contributed by atoms with Gasteiger partial charge in [0.15, 0.2) is 0 Å². The molecule has 0 aliphatic carbocycles. The molecule has 78 valence electrons. The van der Waals surface area contributed by atoms with E-state index in [-0.39, 0.29) is 6.16 Å². The van der Waals surface area contributed by atoms with Crippen molar-refractivity contribution in [2.45, 2.75) is 6.54 Å². The van der Waals surface area contributed by atoms with Gasteiger partial charge in [-0.25, -0.2) is 0 Å². The lowest BCUT2D eigenvalue weighted by atomic mass is 10.3. The van der Waals surface area contributed by atoms with Crippen molar-refractivity contribution in [3.8, 4) is 0 Å². The molecule has 0 aromatic carbocycles. The maximum Gasteiger partial charge on any atom is 0.326 e. The minimum Gasteiger partial charge on any atom is -0.324 e. The smallest absolute Gasteiger partial charge is 0.324 e. The van der Waals surface area contributed by atoms with Crippen molar-refractivity contribution in [3.63, 3.8) is 0 Å². The molecule has 0 aliphatic heterocycles. The number of rotatable bonds is 5. The van der Waals surface area contributed by atoms with Crippen LogP contribution in [-0.2, 0) is 11.1 Å². The van der Waals surface area contributed by atoms with Crippen molar-refractivity contribution in [2.75, 3.05) is 12.7 Å². The summed E-state index contributed by atoms with van der Waals surface area (Å²) < 4.78 is 10.5. The quantitative estimate of drug-likeness (QED) is 0.488. The van der Waals surface area contributed by atoms with E-state index in [1.54, 1.807) is 12.4 Å². The predicted molar refractivity (Wildman–Crippen MR) is 52.9 cm³/mol. The molecule has 1 aromatic heterocycles. The predicted octanol–water partition coefficient (Wildman–Crippen LogP) is 0.349. The third-order valence-corrected chi connectivity index (χ3v) is 2.44.